The third kappa shape index (κ3) is 5.68. The molecule has 2 heterocycles. The Bertz CT molecular complexity index is 2720. The summed E-state index contributed by atoms with van der Waals surface area (Å²) < 4.78 is 15.2. The van der Waals surface area contributed by atoms with Gasteiger partial charge in [-0.25, -0.2) is 9.13 Å². The smallest absolute Gasteiger partial charge is 0.255 e. The van der Waals surface area contributed by atoms with E-state index in [0.29, 0.717) is 0 Å². The van der Waals surface area contributed by atoms with Crippen LogP contribution in [0, 0.1) is 0 Å². The number of hydrogen-bond donors (Lipinski definition) is 0. The van der Waals surface area contributed by atoms with Crippen LogP contribution in [-0.4, -0.2) is 9.13 Å². The van der Waals surface area contributed by atoms with Crippen LogP contribution in [-0.2, 0) is 7.05 Å². The predicted octanol–water partition coefficient (Wildman–Crippen LogP) is 9.80. The minimum absolute atomic E-state index is 0.760. The zero-order chi connectivity index (χ0) is 34.1. The number of rotatable bonds is 7. The van der Waals surface area contributed by atoms with Crippen molar-refractivity contribution in [2.75, 3.05) is 0 Å². The summed E-state index contributed by atoms with van der Waals surface area (Å²) in [7, 11) is 2.02. The van der Waals surface area contributed by atoms with Gasteiger partial charge in [0.2, 0.25) is 6.33 Å². The Morgan fingerprint density at radius 3 is 2.27 bits per heavy atom. The third-order valence-corrected chi connectivity index (χ3v) is 9.33. The molecule has 0 amide bonds. The van der Waals surface area contributed by atoms with Crippen LogP contribution in [0.1, 0.15) is 5.56 Å². The van der Waals surface area contributed by atoms with E-state index in [1.165, 1.54) is 10.8 Å². The largest absolute Gasteiger partial charge is 0.457 e. The van der Waals surface area contributed by atoms with Crippen LogP contribution in [0.4, 0.5) is 0 Å². The van der Waals surface area contributed by atoms with Crippen LogP contribution in [0.15, 0.2) is 195 Å². The minimum atomic E-state index is 0.760. The number of ether oxygens (including phenoxy) is 1. The molecule has 51 heavy (non-hydrogen) atoms. The van der Waals surface area contributed by atoms with Gasteiger partial charge in [0.25, 0.3) is 6.33 Å². The van der Waals surface area contributed by atoms with Gasteiger partial charge < -0.3 is 4.74 Å². The normalized spacial score (nSPS) is 12.4. The second kappa shape index (κ2) is 12.8. The first-order valence-electron chi connectivity index (χ1n) is 17.0. The van der Waals surface area contributed by atoms with E-state index in [1.54, 1.807) is 0 Å². The van der Waals surface area contributed by atoms with Crippen LogP contribution in [0.2, 0.25) is 0 Å². The van der Waals surface area contributed by atoms with Gasteiger partial charge in [-0.3, -0.25) is 0 Å². The second-order valence-electron chi connectivity index (χ2n) is 12.6. The maximum absolute atomic E-state index is 6.50. The van der Waals surface area contributed by atoms with E-state index in [-0.39, 0.29) is 0 Å². The van der Waals surface area contributed by atoms with E-state index < -0.39 is 0 Å². The van der Waals surface area contributed by atoms with Crippen molar-refractivity contribution < 1.29 is 13.9 Å². The molecule has 5 nitrogen and oxygen atoms in total. The Labute approximate surface area is 296 Å². The SMILES string of the molecule is C[n+]1ccn(-c2cccc(Oc3cccc(-n4c[n+](-c5c(C6=CC=C=CC=C6)cccc5-c5ccccc5)c5c6ccccc6ccc54)c3)c2)c1. The lowest BCUT2D eigenvalue weighted by Crippen LogP contribution is -2.31. The molecule has 2 aromatic heterocycles. The third-order valence-electron chi connectivity index (χ3n) is 9.33. The lowest BCUT2D eigenvalue weighted by atomic mass is 9.95. The summed E-state index contributed by atoms with van der Waals surface area (Å²) >= 11 is 0. The van der Waals surface area contributed by atoms with Gasteiger partial charge in [0.1, 0.15) is 41.0 Å². The molecule has 8 aromatic rings. The first-order valence-corrected chi connectivity index (χ1v) is 17.0. The predicted molar refractivity (Wildman–Crippen MR) is 205 cm³/mol. The molecule has 6 aromatic carbocycles. The van der Waals surface area contributed by atoms with E-state index in [0.717, 1.165) is 61.9 Å². The number of fused-ring (bicyclic) bond motifs is 3. The maximum Gasteiger partial charge on any atom is 0.255 e. The van der Waals surface area contributed by atoms with Crippen LogP contribution in [0.25, 0.3) is 55.6 Å². The zero-order valence-electron chi connectivity index (χ0n) is 28.1. The molecule has 0 spiro atoms. The fraction of sp³-hybridized carbons (Fsp3) is 0.0217. The highest BCUT2D eigenvalue weighted by molar-refractivity contribution is 6.03. The van der Waals surface area contributed by atoms with E-state index >= 15 is 0 Å². The second-order valence-corrected chi connectivity index (χ2v) is 12.6. The van der Waals surface area contributed by atoms with E-state index in [2.05, 4.69) is 159 Å². The number of para-hydroxylation sites is 1. The number of nitrogens with zero attached hydrogens (tertiary/aromatic N) is 4. The Kier molecular flexibility index (Phi) is 7.58. The molecule has 242 valence electrons. The van der Waals surface area contributed by atoms with Gasteiger partial charge in [-0.2, -0.15) is 9.13 Å². The minimum Gasteiger partial charge on any atom is -0.457 e. The number of aryl methyl sites for hydroxylation is 1. The lowest BCUT2D eigenvalue weighted by Gasteiger charge is -2.14. The van der Waals surface area contributed by atoms with Gasteiger partial charge in [-0.05, 0) is 77.2 Å². The Balaban J connectivity index is 1.24. The topological polar surface area (TPSA) is 26.8 Å². The highest BCUT2D eigenvalue weighted by Crippen LogP contribution is 2.35. The molecule has 0 unspecified atom stereocenters. The highest BCUT2D eigenvalue weighted by Gasteiger charge is 2.27. The van der Waals surface area contributed by atoms with Crippen molar-refractivity contribution in [3.05, 3.63) is 200 Å². The molecule has 0 saturated carbocycles. The van der Waals surface area contributed by atoms with Gasteiger partial charge >= 0.3 is 0 Å². The molecular weight excluding hydrogens is 625 g/mol. The summed E-state index contributed by atoms with van der Waals surface area (Å²) in [5.41, 5.74) is 13.1. The lowest BCUT2D eigenvalue weighted by molar-refractivity contribution is -0.670. The Hall–Kier alpha value is -6.94. The van der Waals surface area contributed by atoms with Crippen molar-refractivity contribution in [1.82, 2.24) is 9.13 Å². The first-order chi connectivity index (χ1) is 25.2. The molecule has 0 aliphatic heterocycles. The summed E-state index contributed by atoms with van der Waals surface area (Å²) in [6, 6.07) is 46.8. The molecule has 9 rings (SSSR count). The van der Waals surface area contributed by atoms with Gasteiger partial charge in [0.05, 0.1) is 7.05 Å². The van der Waals surface area contributed by atoms with E-state index in [1.807, 2.05) is 60.7 Å². The molecule has 1 aliphatic rings. The maximum atomic E-state index is 6.50. The number of imidazole rings is 2. The summed E-state index contributed by atoms with van der Waals surface area (Å²) in [6.07, 6.45) is 18.6. The quantitative estimate of drug-likeness (QED) is 0.124. The molecule has 0 atom stereocenters. The van der Waals surface area contributed by atoms with Gasteiger partial charge in [-0.1, -0.05) is 91.0 Å². The average Bonchev–Trinajstić information content (AvgIpc) is 3.69. The van der Waals surface area contributed by atoms with Crippen molar-refractivity contribution in [3.63, 3.8) is 0 Å². The average molecular weight is 659 g/mol. The zero-order valence-corrected chi connectivity index (χ0v) is 28.1. The summed E-state index contributed by atoms with van der Waals surface area (Å²) in [4.78, 5) is 0. The van der Waals surface area contributed by atoms with Crippen molar-refractivity contribution in [2.45, 2.75) is 0 Å². The molecule has 1 aliphatic carbocycles. The number of benzene rings is 6. The Morgan fingerprint density at radius 2 is 1.43 bits per heavy atom. The summed E-state index contributed by atoms with van der Waals surface area (Å²) in [6.45, 7) is 0. The van der Waals surface area contributed by atoms with Crippen LogP contribution < -0.4 is 13.9 Å². The molecule has 0 bridgehead atoms. The summed E-state index contributed by atoms with van der Waals surface area (Å²) in [5.74, 6) is 1.53. The number of aromatic nitrogens is 4. The fourth-order valence-electron chi connectivity index (χ4n) is 6.97. The molecule has 0 saturated heterocycles. The van der Waals surface area contributed by atoms with Crippen molar-refractivity contribution >= 4 is 27.4 Å². The standard InChI is InChI=1S/C46H34N4O/c1-47-28-29-48(32-47)37-19-11-21-39(30-37)51-40-22-12-20-38(31-40)49-33-50(46-43-23-10-9-18-36(43)26-27-44(46)49)45-41(34-14-5-2-3-6-15-34)24-13-25-42(45)35-16-7-4-8-17-35/h2,4-33H,1H3/q+2. The fourth-order valence-corrected chi connectivity index (χ4v) is 6.97. The summed E-state index contributed by atoms with van der Waals surface area (Å²) in [5, 5.41) is 2.36. The molecule has 5 heteroatoms. The van der Waals surface area contributed by atoms with Crippen molar-refractivity contribution in [2.24, 2.45) is 7.05 Å². The van der Waals surface area contributed by atoms with Crippen molar-refractivity contribution in [3.8, 4) is 39.7 Å². The molecule has 0 fully saturated rings. The molecule has 0 N–H and O–H groups in total. The molecule has 0 radical (unpaired) electrons. The van der Waals surface area contributed by atoms with Crippen LogP contribution >= 0.6 is 0 Å². The van der Waals surface area contributed by atoms with Gasteiger partial charge in [0, 0.05) is 28.6 Å². The number of allylic oxidation sites excluding steroid dienone is 5. The number of hydrogen-bond acceptors (Lipinski definition) is 1. The highest BCUT2D eigenvalue weighted by atomic mass is 16.5. The molecular formula is C46H34N4O+2. The Morgan fingerprint density at radius 1 is 0.667 bits per heavy atom. The van der Waals surface area contributed by atoms with Crippen molar-refractivity contribution in [1.29, 1.82) is 0 Å². The van der Waals surface area contributed by atoms with Crippen LogP contribution in [0.5, 0.6) is 11.5 Å². The first kappa shape index (κ1) is 30.1. The van der Waals surface area contributed by atoms with E-state index in [9.17, 15) is 0 Å². The van der Waals surface area contributed by atoms with Gasteiger partial charge in [-0.15, -0.1) is 5.73 Å². The monoisotopic (exact) mass is 658 g/mol. The van der Waals surface area contributed by atoms with Gasteiger partial charge in [0.15, 0.2) is 11.0 Å². The van der Waals surface area contributed by atoms with Crippen LogP contribution in [0.3, 0.4) is 0 Å². The van der Waals surface area contributed by atoms with E-state index in [4.69, 9.17) is 4.74 Å².